The van der Waals surface area contributed by atoms with Crippen molar-refractivity contribution in [1.29, 1.82) is 0 Å². The first-order valence-electron chi connectivity index (χ1n) is 7.25. The van der Waals surface area contributed by atoms with Gasteiger partial charge < -0.3 is 15.0 Å². The third-order valence-electron chi connectivity index (χ3n) is 4.02. The van der Waals surface area contributed by atoms with E-state index in [1.54, 1.807) is 30.8 Å². The van der Waals surface area contributed by atoms with E-state index in [9.17, 15) is 9.59 Å². The molecule has 0 aliphatic carbocycles. The lowest BCUT2D eigenvalue weighted by Gasteiger charge is -2.17. The van der Waals surface area contributed by atoms with Crippen molar-refractivity contribution in [3.05, 3.63) is 24.3 Å². The Morgan fingerprint density at radius 2 is 2.09 bits per heavy atom. The van der Waals surface area contributed by atoms with E-state index in [0.29, 0.717) is 6.54 Å². The summed E-state index contributed by atoms with van der Waals surface area (Å²) in [6.45, 7) is 0.660. The lowest BCUT2D eigenvalue weighted by molar-refractivity contribution is -0.127. The Hall–Kier alpha value is -1.69. The first-order chi connectivity index (χ1) is 10.6. The average molecular weight is 322 g/mol. The minimum atomic E-state index is -0.241. The van der Waals surface area contributed by atoms with Crippen molar-refractivity contribution in [2.45, 2.75) is 6.42 Å². The van der Waals surface area contributed by atoms with Gasteiger partial charge in [0.1, 0.15) is 5.75 Å². The molecule has 0 aromatic heterocycles. The van der Waals surface area contributed by atoms with E-state index in [4.69, 9.17) is 4.74 Å². The SMILES string of the molecule is CNC(=O)C[C@H]1C(=O)N(c2ccc(OC)cc2)C[C@@H]1CSC. The number of amides is 2. The molecule has 120 valence electrons. The summed E-state index contributed by atoms with van der Waals surface area (Å²) >= 11 is 1.71. The lowest BCUT2D eigenvalue weighted by atomic mass is 9.93. The maximum Gasteiger partial charge on any atom is 0.231 e. The minimum absolute atomic E-state index is 0.0350. The van der Waals surface area contributed by atoms with Gasteiger partial charge in [0.15, 0.2) is 0 Å². The number of thioether (sulfide) groups is 1. The van der Waals surface area contributed by atoms with Gasteiger partial charge in [-0.1, -0.05) is 0 Å². The van der Waals surface area contributed by atoms with Crippen LogP contribution in [0.4, 0.5) is 5.69 Å². The number of nitrogens with one attached hydrogen (secondary N) is 1. The molecular weight excluding hydrogens is 300 g/mol. The van der Waals surface area contributed by atoms with Crippen molar-refractivity contribution >= 4 is 29.3 Å². The second-order valence-electron chi connectivity index (χ2n) is 5.35. The number of carbonyl (C=O) groups excluding carboxylic acids is 2. The van der Waals surface area contributed by atoms with Crippen LogP contribution in [0.3, 0.4) is 0 Å². The van der Waals surface area contributed by atoms with Gasteiger partial charge in [0, 0.05) is 25.7 Å². The first kappa shape index (κ1) is 16.7. The summed E-state index contributed by atoms with van der Waals surface area (Å²) < 4.78 is 5.15. The molecular formula is C16H22N2O3S. The van der Waals surface area contributed by atoms with E-state index in [-0.39, 0.29) is 30.1 Å². The maximum absolute atomic E-state index is 12.7. The summed E-state index contributed by atoms with van der Waals surface area (Å²) in [5, 5.41) is 2.61. The molecule has 1 aliphatic rings. The molecule has 1 fully saturated rings. The summed E-state index contributed by atoms with van der Waals surface area (Å²) in [5.41, 5.74) is 0.858. The Balaban J connectivity index is 2.18. The summed E-state index contributed by atoms with van der Waals surface area (Å²) in [6, 6.07) is 7.46. The molecule has 0 unspecified atom stereocenters. The molecule has 6 heteroatoms. The molecule has 1 aromatic carbocycles. The van der Waals surface area contributed by atoms with Crippen LogP contribution in [0.15, 0.2) is 24.3 Å². The van der Waals surface area contributed by atoms with Gasteiger partial charge in [-0.3, -0.25) is 9.59 Å². The van der Waals surface area contributed by atoms with E-state index in [0.717, 1.165) is 17.2 Å². The number of methoxy groups -OCH3 is 1. The Morgan fingerprint density at radius 1 is 1.41 bits per heavy atom. The van der Waals surface area contributed by atoms with Gasteiger partial charge in [0.2, 0.25) is 11.8 Å². The molecule has 1 heterocycles. The molecule has 22 heavy (non-hydrogen) atoms. The summed E-state index contributed by atoms with van der Waals surface area (Å²) in [4.78, 5) is 26.2. The highest BCUT2D eigenvalue weighted by molar-refractivity contribution is 7.98. The van der Waals surface area contributed by atoms with Gasteiger partial charge in [-0.2, -0.15) is 11.8 Å². The molecule has 1 N–H and O–H groups in total. The molecule has 0 radical (unpaired) electrons. The number of benzene rings is 1. The van der Waals surface area contributed by atoms with E-state index in [1.807, 2.05) is 30.5 Å². The van der Waals surface area contributed by atoms with Gasteiger partial charge in [-0.05, 0) is 42.2 Å². The molecule has 1 aliphatic heterocycles. The summed E-state index contributed by atoms with van der Waals surface area (Å²) in [5.74, 6) is 1.54. The second kappa shape index (κ2) is 7.54. The van der Waals surface area contributed by atoms with Crippen LogP contribution in [0.2, 0.25) is 0 Å². The van der Waals surface area contributed by atoms with E-state index in [2.05, 4.69) is 5.32 Å². The van der Waals surface area contributed by atoms with Crippen LogP contribution in [-0.4, -0.2) is 44.5 Å². The van der Waals surface area contributed by atoms with Gasteiger partial charge in [-0.15, -0.1) is 0 Å². The third kappa shape index (κ3) is 3.55. The van der Waals surface area contributed by atoms with Crippen molar-refractivity contribution in [3.63, 3.8) is 0 Å². The topological polar surface area (TPSA) is 58.6 Å². The number of hydrogen-bond acceptors (Lipinski definition) is 4. The van der Waals surface area contributed by atoms with Gasteiger partial charge in [-0.25, -0.2) is 0 Å². The van der Waals surface area contributed by atoms with Crippen LogP contribution >= 0.6 is 11.8 Å². The Labute approximate surface area is 135 Å². The lowest BCUT2D eigenvalue weighted by Crippen LogP contribution is -2.30. The predicted octanol–water partition coefficient (Wildman–Crippen LogP) is 1.77. The Morgan fingerprint density at radius 3 is 2.64 bits per heavy atom. The van der Waals surface area contributed by atoms with Gasteiger partial charge in [0.05, 0.1) is 13.0 Å². The van der Waals surface area contributed by atoms with Crippen molar-refractivity contribution < 1.29 is 14.3 Å². The van der Waals surface area contributed by atoms with Gasteiger partial charge in [0.25, 0.3) is 0 Å². The van der Waals surface area contributed by atoms with Crippen LogP contribution in [0, 0.1) is 11.8 Å². The smallest absolute Gasteiger partial charge is 0.231 e. The molecule has 2 atom stereocenters. The monoisotopic (exact) mass is 322 g/mol. The quantitative estimate of drug-likeness (QED) is 0.867. The number of ether oxygens (including phenoxy) is 1. The Bertz CT molecular complexity index is 533. The molecule has 1 saturated heterocycles. The van der Waals surface area contributed by atoms with Crippen LogP contribution < -0.4 is 15.0 Å². The molecule has 0 spiro atoms. The predicted molar refractivity (Wildman–Crippen MR) is 89.4 cm³/mol. The second-order valence-corrected chi connectivity index (χ2v) is 6.26. The van der Waals surface area contributed by atoms with Gasteiger partial charge >= 0.3 is 0 Å². The van der Waals surface area contributed by atoms with E-state index < -0.39 is 0 Å². The van der Waals surface area contributed by atoms with Crippen molar-refractivity contribution in [2.24, 2.45) is 11.8 Å². The fourth-order valence-corrected chi connectivity index (χ4v) is 3.55. The molecule has 0 saturated carbocycles. The van der Waals surface area contributed by atoms with Crippen molar-refractivity contribution in [2.75, 3.05) is 37.6 Å². The fraction of sp³-hybridized carbons (Fsp3) is 0.500. The minimum Gasteiger partial charge on any atom is -0.497 e. The highest BCUT2D eigenvalue weighted by Gasteiger charge is 2.41. The highest BCUT2D eigenvalue weighted by Crippen LogP contribution is 2.34. The fourth-order valence-electron chi connectivity index (χ4n) is 2.79. The largest absolute Gasteiger partial charge is 0.497 e. The van der Waals surface area contributed by atoms with E-state index >= 15 is 0 Å². The zero-order valence-electron chi connectivity index (χ0n) is 13.2. The normalized spacial score (nSPS) is 21.0. The number of nitrogens with zero attached hydrogens (tertiary/aromatic N) is 1. The standard InChI is InChI=1S/C16H22N2O3S/c1-17-15(19)8-14-11(10-22-3)9-18(16(14)20)12-4-6-13(21-2)7-5-12/h4-7,11,14H,8-10H2,1-3H3,(H,17,19)/t11-,14-/m1/s1. The number of rotatable bonds is 6. The van der Waals surface area contributed by atoms with Crippen LogP contribution in [-0.2, 0) is 9.59 Å². The maximum atomic E-state index is 12.7. The molecule has 0 bridgehead atoms. The van der Waals surface area contributed by atoms with Crippen molar-refractivity contribution in [1.82, 2.24) is 5.32 Å². The Kier molecular flexibility index (Phi) is 5.71. The van der Waals surface area contributed by atoms with Crippen LogP contribution in [0.25, 0.3) is 0 Å². The summed E-state index contributed by atoms with van der Waals surface area (Å²) in [6.07, 6.45) is 2.28. The molecule has 1 aromatic rings. The van der Waals surface area contributed by atoms with Crippen molar-refractivity contribution in [3.8, 4) is 5.75 Å². The van der Waals surface area contributed by atoms with Crippen LogP contribution in [0.1, 0.15) is 6.42 Å². The third-order valence-corrected chi connectivity index (χ3v) is 4.78. The van der Waals surface area contributed by atoms with E-state index in [1.165, 1.54) is 0 Å². The summed E-state index contributed by atoms with van der Waals surface area (Å²) in [7, 11) is 3.22. The molecule has 5 nitrogen and oxygen atoms in total. The average Bonchev–Trinajstić information content (AvgIpc) is 2.84. The van der Waals surface area contributed by atoms with Crippen LogP contribution in [0.5, 0.6) is 5.75 Å². The zero-order valence-corrected chi connectivity index (χ0v) is 14.0. The molecule has 2 rings (SSSR count). The zero-order chi connectivity index (χ0) is 16.1. The number of carbonyl (C=O) groups is 2. The highest BCUT2D eigenvalue weighted by atomic mass is 32.2. The molecule has 2 amide bonds. The first-order valence-corrected chi connectivity index (χ1v) is 8.65. The number of anilines is 1. The number of hydrogen-bond donors (Lipinski definition) is 1.